The van der Waals surface area contributed by atoms with Gasteiger partial charge in [0.05, 0.1) is 5.52 Å². The van der Waals surface area contributed by atoms with Crippen molar-refractivity contribution in [2.75, 3.05) is 52.5 Å². The van der Waals surface area contributed by atoms with Crippen LogP contribution in [0.15, 0.2) is 60.7 Å². The molecule has 0 amide bonds. The molecule has 2 saturated heterocycles. The molecule has 0 unspecified atom stereocenters. The van der Waals surface area contributed by atoms with Crippen molar-refractivity contribution < 1.29 is 14.2 Å². The van der Waals surface area contributed by atoms with Gasteiger partial charge in [-0.2, -0.15) is 0 Å². The maximum absolute atomic E-state index is 6.31. The van der Waals surface area contributed by atoms with Crippen LogP contribution in [0.4, 0.5) is 0 Å². The van der Waals surface area contributed by atoms with Gasteiger partial charge in [-0.1, -0.05) is 23.7 Å². The number of aromatic amines is 1. The highest BCUT2D eigenvalue weighted by Crippen LogP contribution is 2.34. The van der Waals surface area contributed by atoms with Crippen molar-refractivity contribution in [3.63, 3.8) is 0 Å². The molecule has 3 aromatic carbocycles. The Bertz CT molecular complexity index is 1380. The molecule has 6 rings (SSSR count). The number of fused-ring (bicyclic) bond motifs is 1. The highest BCUT2D eigenvalue weighted by Gasteiger charge is 2.16. The van der Waals surface area contributed by atoms with Crippen molar-refractivity contribution in [3.8, 4) is 34.4 Å². The largest absolute Gasteiger partial charge is 0.492 e. The van der Waals surface area contributed by atoms with Crippen molar-refractivity contribution in [2.24, 2.45) is 0 Å². The lowest BCUT2D eigenvalue weighted by Crippen LogP contribution is -2.25. The highest BCUT2D eigenvalue weighted by atomic mass is 35.5. The molecule has 3 heterocycles. The number of benzene rings is 3. The van der Waals surface area contributed by atoms with Crippen molar-refractivity contribution >= 4 is 22.6 Å². The normalized spacial score (nSPS) is 16.2. The van der Waals surface area contributed by atoms with Crippen LogP contribution in [0.3, 0.4) is 0 Å². The quantitative estimate of drug-likeness (QED) is 0.228. The summed E-state index contributed by atoms with van der Waals surface area (Å²) >= 11 is 6.01. The lowest BCUT2D eigenvalue weighted by atomic mass is 10.2. The van der Waals surface area contributed by atoms with Crippen LogP contribution in [0, 0.1) is 0 Å². The number of imidazole rings is 1. The van der Waals surface area contributed by atoms with Crippen LogP contribution in [0.1, 0.15) is 25.7 Å². The highest BCUT2D eigenvalue weighted by molar-refractivity contribution is 6.30. The van der Waals surface area contributed by atoms with E-state index >= 15 is 0 Å². The first-order chi connectivity index (χ1) is 19.2. The lowest BCUT2D eigenvalue weighted by Gasteiger charge is -2.17. The number of H-pyrrole nitrogens is 1. The van der Waals surface area contributed by atoms with Gasteiger partial charge in [0.2, 0.25) is 0 Å². The summed E-state index contributed by atoms with van der Waals surface area (Å²) < 4.78 is 18.6. The summed E-state index contributed by atoms with van der Waals surface area (Å²) in [5.74, 6) is 3.76. The topological polar surface area (TPSA) is 62.9 Å². The Balaban J connectivity index is 1.22. The molecule has 204 valence electrons. The summed E-state index contributed by atoms with van der Waals surface area (Å²) in [5, 5.41) is 0.677. The number of rotatable bonds is 11. The zero-order valence-electron chi connectivity index (χ0n) is 22.2. The molecule has 0 atom stereocenters. The Morgan fingerprint density at radius 2 is 1.44 bits per heavy atom. The predicted octanol–water partition coefficient (Wildman–Crippen LogP) is 6.62. The Labute approximate surface area is 234 Å². The third-order valence-electron chi connectivity index (χ3n) is 7.42. The molecular formula is C31H35ClN4O3. The van der Waals surface area contributed by atoms with E-state index in [4.69, 9.17) is 30.8 Å². The molecule has 2 aliphatic heterocycles. The molecule has 2 fully saturated rings. The first-order valence-electron chi connectivity index (χ1n) is 14.0. The monoisotopic (exact) mass is 546 g/mol. The molecule has 8 heteroatoms. The summed E-state index contributed by atoms with van der Waals surface area (Å²) in [4.78, 5) is 13.3. The molecule has 0 aliphatic carbocycles. The van der Waals surface area contributed by atoms with E-state index in [0.29, 0.717) is 18.2 Å². The first-order valence-corrected chi connectivity index (χ1v) is 14.4. The number of aromatic nitrogens is 2. The molecule has 7 nitrogen and oxygen atoms in total. The van der Waals surface area contributed by atoms with Gasteiger partial charge in [-0.15, -0.1) is 0 Å². The number of likely N-dealkylation sites (tertiary alicyclic amines) is 2. The minimum absolute atomic E-state index is 0.624. The van der Waals surface area contributed by atoms with Crippen LogP contribution in [0.5, 0.6) is 23.0 Å². The van der Waals surface area contributed by atoms with E-state index in [-0.39, 0.29) is 0 Å². The van der Waals surface area contributed by atoms with E-state index in [1.807, 2.05) is 60.7 Å². The smallest absolute Gasteiger partial charge is 0.150 e. The summed E-state index contributed by atoms with van der Waals surface area (Å²) in [5.41, 5.74) is 2.63. The summed E-state index contributed by atoms with van der Waals surface area (Å²) in [6.07, 6.45) is 5.11. The van der Waals surface area contributed by atoms with Gasteiger partial charge in [0.25, 0.3) is 0 Å². The fraction of sp³-hybridized carbons (Fsp3) is 0.387. The van der Waals surface area contributed by atoms with Crippen molar-refractivity contribution in [2.45, 2.75) is 25.7 Å². The minimum atomic E-state index is 0.624. The number of hydrogen-bond acceptors (Lipinski definition) is 6. The van der Waals surface area contributed by atoms with Crippen molar-refractivity contribution in [1.82, 2.24) is 19.8 Å². The molecule has 1 aromatic heterocycles. The molecular weight excluding hydrogens is 512 g/mol. The van der Waals surface area contributed by atoms with Crippen LogP contribution in [-0.4, -0.2) is 72.3 Å². The van der Waals surface area contributed by atoms with E-state index in [9.17, 15) is 0 Å². The zero-order valence-corrected chi connectivity index (χ0v) is 23.0. The summed E-state index contributed by atoms with van der Waals surface area (Å²) in [7, 11) is 0. The Morgan fingerprint density at radius 3 is 2.15 bits per heavy atom. The fourth-order valence-electron chi connectivity index (χ4n) is 5.33. The van der Waals surface area contributed by atoms with Crippen molar-refractivity contribution in [1.29, 1.82) is 0 Å². The lowest BCUT2D eigenvalue weighted by molar-refractivity contribution is 0.231. The fourth-order valence-corrected chi connectivity index (χ4v) is 5.45. The average molecular weight is 547 g/mol. The minimum Gasteiger partial charge on any atom is -0.492 e. The van der Waals surface area contributed by atoms with Gasteiger partial charge in [0, 0.05) is 35.8 Å². The third-order valence-corrected chi connectivity index (χ3v) is 7.67. The van der Waals surface area contributed by atoms with Crippen LogP contribution in [0.25, 0.3) is 22.4 Å². The van der Waals surface area contributed by atoms with Gasteiger partial charge in [-0.3, -0.25) is 9.80 Å². The van der Waals surface area contributed by atoms with Gasteiger partial charge in [0.1, 0.15) is 41.8 Å². The molecule has 1 N–H and O–H groups in total. The second-order valence-electron chi connectivity index (χ2n) is 10.3. The number of nitrogens with zero attached hydrogens (tertiary/aromatic N) is 3. The van der Waals surface area contributed by atoms with Gasteiger partial charge < -0.3 is 19.2 Å². The first kappa shape index (κ1) is 26.0. The van der Waals surface area contributed by atoms with Crippen LogP contribution in [0.2, 0.25) is 5.02 Å². The Morgan fingerprint density at radius 1 is 0.744 bits per heavy atom. The van der Waals surface area contributed by atoms with Crippen LogP contribution >= 0.6 is 11.6 Å². The summed E-state index contributed by atoms with van der Waals surface area (Å²) in [6.45, 7) is 7.78. The maximum Gasteiger partial charge on any atom is 0.150 e. The second-order valence-corrected chi connectivity index (χ2v) is 10.7. The van der Waals surface area contributed by atoms with Gasteiger partial charge in [-0.25, -0.2) is 4.98 Å². The van der Waals surface area contributed by atoms with E-state index in [0.717, 1.165) is 84.7 Å². The maximum atomic E-state index is 6.31. The average Bonchev–Trinajstić information content (AvgIpc) is 3.73. The van der Waals surface area contributed by atoms with Crippen LogP contribution in [-0.2, 0) is 0 Å². The van der Waals surface area contributed by atoms with Gasteiger partial charge in [-0.05, 0) is 88.3 Å². The van der Waals surface area contributed by atoms with E-state index in [2.05, 4.69) is 14.8 Å². The molecule has 0 spiro atoms. The van der Waals surface area contributed by atoms with Crippen LogP contribution < -0.4 is 14.2 Å². The number of ether oxygens (including phenoxy) is 3. The molecule has 0 bridgehead atoms. The molecule has 0 radical (unpaired) electrons. The van der Waals surface area contributed by atoms with E-state index < -0.39 is 0 Å². The van der Waals surface area contributed by atoms with E-state index in [1.165, 1.54) is 25.7 Å². The zero-order chi connectivity index (χ0) is 26.4. The van der Waals surface area contributed by atoms with Gasteiger partial charge >= 0.3 is 0 Å². The molecule has 2 aliphatic rings. The number of halogens is 1. The molecule has 4 aromatic rings. The Hall–Kier alpha value is -3.26. The third kappa shape index (κ3) is 6.67. The SMILES string of the molecule is Clc1ccc(Oc2cccc(-c3nc4c(OCCN5CCCC5)cc(OCCN5CCCC5)cc4[nH]3)c2)cc1. The Kier molecular flexibility index (Phi) is 8.19. The summed E-state index contributed by atoms with van der Waals surface area (Å²) in [6, 6.07) is 19.3. The number of hydrogen-bond donors (Lipinski definition) is 1. The van der Waals surface area contributed by atoms with Crippen molar-refractivity contribution in [3.05, 3.63) is 65.7 Å². The molecule has 0 saturated carbocycles. The second kappa shape index (κ2) is 12.3. The molecule has 39 heavy (non-hydrogen) atoms. The van der Waals surface area contributed by atoms with Gasteiger partial charge in [0.15, 0.2) is 5.75 Å². The number of nitrogens with one attached hydrogen (secondary N) is 1. The predicted molar refractivity (Wildman–Crippen MR) is 155 cm³/mol. The standard InChI is InChI=1S/C31H35ClN4O3/c32-24-8-10-25(11-9-24)39-26-7-5-6-23(20-26)31-33-28-21-27(37-18-16-35-12-1-2-13-35)22-29(30(28)34-31)38-19-17-36-14-3-4-15-36/h5-11,20-22H,1-4,12-19H2,(H,33,34). The van der Waals surface area contributed by atoms with E-state index in [1.54, 1.807) is 0 Å².